The van der Waals surface area contributed by atoms with Gasteiger partial charge in [0, 0.05) is 6.20 Å². The van der Waals surface area contributed by atoms with E-state index in [0.717, 1.165) is 0 Å². The van der Waals surface area contributed by atoms with Crippen LogP contribution in [-0.2, 0) is 12.6 Å². The maximum absolute atomic E-state index is 12.6. The number of nitrogens with zero attached hydrogens (tertiary/aromatic N) is 1. The Labute approximate surface area is 79.7 Å². The van der Waals surface area contributed by atoms with Crippen molar-refractivity contribution in [3.63, 3.8) is 0 Å². The zero-order valence-corrected chi connectivity index (χ0v) is 7.85. The predicted molar refractivity (Wildman–Crippen MR) is 45.2 cm³/mol. The highest BCUT2D eigenvalue weighted by molar-refractivity contribution is 5.38. The van der Waals surface area contributed by atoms with Gasteiger partial charge in [0.2, 0.25) is 0 Å². The molecule has 0 N–H and O–H groups in total. The van der Waals surface area contributed by atoms with Crippen molar-refractivity contribution in [1.82, 2.24) is 4.98 Å². The van der Waals surface area contributed by atoms with E-state index in [1.807, 2.05) is 0 Å². The summed E-state index contributed by atoms with van der Waals surface area (Å²) in [6.45, 7) is 1.62. The molecule has 0 radical (unpaired) electrons. The van der Waals surface area contributed by atoms with Crippen LogP contribution in [0.3, 0.4) is 0 Å². The Hall–Kier alpha value is -1.26. The summed E-state index contributed by atoms with van der Waals surface area (Å²) < 4.78 is 42.3. The monoisotopic (exact) mass is 205 g/mol. The highest BCUT2D eigenvalue weighted by atomic mass is 19.4. The van der Waals surface area contributed by atoms with Crippen molar-refractivity contribution < 1.29 is 17.9 Å². The molecule has 78 valence electrons. The number of ether oxygens (including phenoxy) is 1. The van der Waals surface area contributed by atoms with Gasteiger partial charge in [-0.15, -0.1) is 0 Å². The zero-order valence-electron chi connectivity index (χ0n) is 7.85. The van der Waals surface area contributed by atoms with Crippen molar-refractivity contribution in [3.8, 4) is 5.75 Å². The third-order valence-electron chi connectivity index (χ3n) is 1.83. The number of aromatic nitrogens is 1. The lowest BCUT2D eigenvalue weighted by atomic mass is 10.1. The first-order valence-corrected chi connectivity index (χ1v) is 4.09. The molecule has 1 aromatic heterocycles. The van der Waals surface area contributed by atoms with Gasteiger partial charge in [-0.25, -0.2) is 0 Å². The van der Waals surface area contributed by atoms with Gasteiger partial charge in [0.25, 0.3) is 0 Å². The molecule has 1 rings (SSSR count). The van der Waals surface area contributed by atoms with Crippen LogP contribution in [0.25, 0.3) is 0 Å². The van der Waals surface area contributed by atoms with Gasteiger partial charge in [-0.1, -0.05) is 6.92 Å². The topological polar surface area (TPSA) is 22.1 Å². The van der Waals surface area contributed by atoms with Crippen molar-refractivity contribution in [2.75, 3.05) is 7.11 Å². The lowest BCUT2D eigenvalue weighted by Gasteiger charge is -2.14. The lowest BCUT2D eigenvalue weighted by molar-refractivity contribution is -0.139. The minimum atomic E-state index is -4.41. The van der Waals surface area contributed by atoms with E-state index in [2.05, 4.69) is 9.72 Å². The molecule has 0 aliphatic heterocycles. The largest absolute Gasteiger partial charge is 0.496 e. The molecule has 0 amide bonds. The quantitative estimate of drug-likeness (QED) is 0.740. The van der Waals surface area contributed by atoms with E-state index in [-0.39, 0.29) is 17.9 Å². The molecule has 1 heterocycles. The Morgan fingerprint density at radius 2 is 2.07 bits per heavy atom. The first kappa shape index (κ1) is 10.8. The molecule has 1 aromatic rings. The Balaban J connectivity index is 3.34. The summed E-state index contributed by atoms with van der Waals surface area (Å²) in [4.78, 5) is 3.67. The Kier molecular flexibility index (Phi) is 2.98. The first-order chi connectivity index (χ1) is 6.50. The standard InChI is InChI=1S/C9H10F3NO/c1-3-6-8(9(10,11)12)7(14-2)4-5-13-6/h4-5H,3H2,1-2H3. The fourth-order valence-corrected chi connectivity index (χ4v) is 1.23. The fraction of sp³-hybridized carbons (Fsp3) is 0.444. The van der Waals surface area contributed by atoms with E-state index in [0.29, 0.717) is 0 Å². The normalized spacial score (nSPS) is 11.5. The average molecular weight is 205 g/mol. The summed E-state index contributed by atoms with van der Waals surface area (Å²) in [5.41, 5.74) is -0.762. The zero-order chi connectivity index (χ0) is 10.8. The van der Waals surface area contributed by atoms with Crippen LogP contribution in [0, 0.1) is 0 Å². The Morgan fingerprint density at radius 1 is 1.43 bits per heavy atom. The van der Waals surface area contributed by atoms with Crippen molar-refractivity contribution in [3.05, 3.63) is 23.5 Å². The number of hydrogen-bond acceptors (Lipinski definition) is 2. The van der Waals surface area contributed by atoms with Crippen molar-refractivity contribution in [2.24, 2.45) is 0 Å². The Morgan fingerprint density at radius 3 is 2.50 bits per heavy atom. The van der Waals surface area contributed by atoms with Crippen LogP contribution < -0.4 is 4.74 Å². The molecule has 0 saturated heterocycles. The van der Waals surface area contributed by atoms with Gasteiger partial charge in [-0.05, 0) is 12.5 Å². The van der Waals surface area contributed by atoms with Gasteiger partial charge in [-0.3, -0.25) is 4.98 Å². The summed E-state index contributed by atoms with van der Waals surface area (Å²) in [7, 11) is 1.21. The molecule has 5 heteroatoms. The molecular formula is C9H10F3NO. The summed E-state index contributed by atoms with van der Waals surface area (Å²) in [5.74, 6) is -0.177. The fourth-order valence-electron chi connectivity index (χ4n) is 1.23. The lowest BCUT2D eigenvalue weighted by Crippen LogP contribution is -2.12. The van der Waals surface area contributed by atoms with E-state index < -0.39 is 11.7 Å². The van der Waals surface area contributed by atoms with Crippen LogP contribution >= 0.6 is 0 Å². The van der Waals surface area contributed by atoms with Crippen LogP contribution in [0.4, 0.5) is 13.2 Å². The van der Waals surface area contributed by atoms with Crippen molar-refractivity contribution in [2.45, 2.75) is 19.5 Å². The van der Waals surface area contributed by atoms with Crippen LogP contribution in [0.2, 0.25) is 0 Å². The van der Waals surface area contributed by atoms with Crippen LogP contribution in [-0.4, -0.2) is 12.1 Å². The molecular weight excluding hydrogens is 195 g/mol. The number of pyridine rings is 1. The highest BCUT2D eigenvalue weighted by Crippen LogP contribution is 2.37. The first-order valence-electron chi connectivity index (χ1n) is 4.09. The van der Waals surface area contributed by atoms with Crippen molar-refractivity contribution in [1.29, 1.82) is 0 Å². The summed E-state index contributed by atoms with van der Waals surface area (Å²) in [5, 5.41) is 0. The second-order valence-corrected chi connectivity index (χ2v) is 2.69. The van der Waals surface area contributed by atoms with Crippen LogP contribution in [0.15, 0.2) is 12.3 Å². The molecule has 0 bridgehead atoms. The van der Waals surface area contributed by atoms with Gasteiger partial charge in [0.1, 0.15) is 11.3 Å². The molecule has 0 aliphatic carbocycles. The minimum absolute atomic E-state index is 0.0110. The molecule has 0 fully saturated rings. The Bertz CT molecular complexity index is 300. The van der Waals surface area contributed by atoms with Gasteiger partial charge in [-0.2, -0.15) is 13.2 Å². The third-order valence-corrected chi connectivity index (χ3v) is 1.83. The molecule has 0 atom stereocenters. The summed E-state index contributed by atoms with van der Waals surface area (Å²) >= 11 is 0. The molecule has 0 saturated carbocycles. The van der Waals surface area contributed by atoms with E-state index in [1.54, 1.807) is 6.92 Å². The molecule has 2 nitrogen and oxygen atoms in total. The number of halogens is 3. The van der Waals surface area contributed by atoms with Gasteiger partial charge >= 0.3 is 6.18 Å². The van der Waals surface area contributed by atoms with E-state index in [1.165, 1.54) is 19.4 Å². The maximum atomic E-state index is 12.6. The molecule has 0 aliphatic rings. The van der Waals surface area contributed by atoms with Crippen LogP contribution in [0.1, 0.15) is 18.2 Å². The van der Waals surface area contributed by atoms with Crippen LogP contribution in [0.5, 0.6) is 5.75 Å². The number of alkyl halides is 3. The second-order valence-electron chi connectivity index (χ2n) is 2.69. The summed E-state index contributed by atoms with van der Waals surface area (Å²) in [6.07, 6.45) is -2.87. The maximum Gasteiger partial charge on any atom is 0.421 e. The second kappa shape index (κ2) is 3.86. The predicted octanol–water partition coefficient (Wildman–Crippen LogP) is 2.67. The van der Waals surface area contributed by atoms with Gasteiger partial charge in [0.15, 0.2) is 0 Å². The van der Waals surface area contributed by atoms with E-state index >= 15 is 0 Å². The van der Waals surface area contributed by atoms with E-state index in [4.69, 9.17) is 0 Å². The molecule has 0 spiro atoms. The molecule has 0 unspecified atom stereocenters. The number of rotatable bonds is 2. The molecule has 14 heavy (non-hydrogen) atoms. The van der Waals surface area contributed by atoms with Gasteiger partial charge < -0.3 is 4.74 Å². The smallest absolute Gasteiger partial charge is 0.421 e. The van der Waals surface area contributed by atoms with E-state index in [9.17, 15) is 13.2 Å². The average Bonchev–Trinajstić information content (AvgIpc) is 2.15. The molecule has 0 aromatic carbocycles. The number of methoxy groups -OCH3 is 1. The highest BCUT2D eigenvalue weighted by Gasteiger charge is 2.37. The van der Waals surface area contributed by atoms with Gasteiger partial charge in [0.05, 0.1) is 12.8 Å². The SMILES string of the molecule is CCc1nccc(OC)c1C(F)(F)F. The minimum Gasteiger partial charge on any atom is -0.496 e. The third kappa shape index (κ3) is 1.97. The number of aryl methyl sites for hydroxylation is 1. The number of hydrogen-bond donors (Lipinski definition) is 0. The van der Waals surface area contributed by atoms with Crippen molar-refractivity contribution >= 4 is 0 Å². The summed E-state index contributed by atoms with van der Waals surface area (Å²) in [6, 6.07) is 1.21.